The second kappa shape index (κ2) is 6.94. The number of hydrogen-bond acceptors (Lipinski definition) is 3. The van der Waals surface area contributed by atoms with Crippen LogP contribution in [-0.2, 0) is 6.42 Å². The molecule has 4 heteroatoms. The maximum absolute atomic E-state index is 8.74. The molecule has 1 unspecified atom stereocenters. The zero-order chi connectivity index (χ0) is 15.3. The van der Waals surface area contributed by atoms with Gasteiger partial charge in [0.2, 0.25) is 0 Å². The van der Waals surface area contributed by atoms with Gasteiger partial charge in [-0.1, -0.05) is 49.7 Å². The van der Waals surface area contributed by atoms with Crippen LogP contribution in [-0.4, -0.2) is 24.1 Å². The molecule has 0 aliphatic heterocycles. The zero-order valence-corrected chi connectivity index (χ0v) is 13.1. The fourth-order valence-corrected chi connectivity index (χ4v) is 2.90. The molecule has 116 valence electrons. The number of nitrogens with two attached hydrogens (primary N) is 1. The third-order valence-electron chi connectivity index (χ3n) is 4.56. The molecule has 0 bridgehead atoms. The molecule has 0 aromatic heterocycles. The first-order chi connectivity index (χ1) is 10.0. The Morgan fingerprint density at radius 2 is 2.14 bits per heavy atom. The third kappa shape index (κ3) is 3.97. The highest BCUT2D eigenvalue weighted by atomic mass is 16.4. The fourth-order valence-electron chi connectivity index (χ4n) is 2.90. The Balaban J connectivity index is 1.58. The molecule has 1 aliphatic rings. The maximum Gasteiger partial charge on any atom is 0.144 e. The molecule has 2 rings (SSSR count). The molecule has 1 atom stereocenters. The van der Waals surface area contributed by atoms with E-state index in [0.717, 1.165) is 32.4 Å². The Morgan fingerprint density at radius 3 is 2.86 bits per heavy atom. The molecule has 0 fully saturated rings. The van der Waals surface area contributed by atoms with Gasteiger partial charge in [0.1, 0.15) is 5.84 Å². The van der Waals surface area contributed by atoms with Gasteiger partial charge in [0, 0.05) is 17.9 Å². The monoisotopic (exact) mass is 289 g/mol. The highest BCUT2D eigenvalue weighted by molar-refractivity contribution is 5.85. The standard InChI is InChI=1S/C17H27N3O/c1-17(2,16(18)20-21)9-5-6-10-19-12-14-11-13-7-3-4-8-15(13)14/h3-4,7-8,14,19,21H,5-6,9-12H2,1-2H3,(H2,18,20). The van der Waals surface area contributed by atoms with Crippen LogP contribution in [0.25, 0.3) is 0 Å². The van der Waals surface area contributed by atoms with E-state index in [1.165, 1.54) is 17.5 Å². The average molecular weight is 289 g/mol. The number of nitrogens with zero attached hydrogens (tertiary/aromatic N) is 1. The Kier molecular flexibility index (Phi) is 5.23. The van der Waals surface area contributed by atoms with Gasteiger partial charge in [-0.05, 0) is 36.9 Å². The van der Waals surface area contributed by atoms with E-state index in [1.807, 2.05) is 13.8 Å². The van der Waals surface area contributed by atoms with E-state index in [1.54, 1.807) is 0 Å². The number of amidine groups is 1. The molecular weight excluding hydrogens is 262 g/mol. The maximum atomic E-state index is 8.74. The normalized spacial score (nSPS) is 18.2. The average Bonchev–Trinajstić information content (AvgIpc) is 2.45. The number of fused-ring (bicyclic) bond motifs is 1. The van der Waals surface area contributed by atoms with Crippen molar-refractivity contribution >= 4 is 5.84 Å². The summed E-state index contributed by atoms with van der Waals surface area (Å²) in [6, 6.07) is 8.71. The van der Waals surface area contributed by atoms with Gasteiger partial charge < -0.3 is 16.3 Å². The van der Waals surface area contributed by atoms with Crippen LogP contribution < -0.4 is 11.1 Å². The smallest absolute Gasteiger partial charge is 0.144 e. The zero-order valence-electron chi connectivity index (χ0n) is 13.1. The molecule has 0 heterocycles. The summed E-state index contributed by atoms with van der Waals surface area (Å²) in [6.07, 6.45) is 4.35. The van der Waals surface area contributed by atoms with Crippen molar-refractivity contribution in [3.8, 4) is 0 Å². The number of oxime groups is 1. The number of benzene rings is 1. The van der Waals surface area contributed by atoms with E-state index in [9.17, 15) is 0 Å². The molecule has 0 spiro atoms. The molecule has 4 N–H and O–H groups in total. The minimum Gasteiger partial charge on any atom is -0.409 e. The molecule has 4 nitrogen and oxygen atoms in total. The molecule has 1 aromatic rings. The summed E-state index contributed by atoms with van der Waals surface area (Å²) in [6.45, 7) is 6.13. The number of hydrogen-bond donors (Lipinski definition) is 3. The van der Waals surface area contributed by atoms with Crippen LogP contribution in [0.3, 0.4) is 0 Å². The summed E-state index contributed by atoms with van der Waals surface area (Å²) in [5.41, 5.74) is 8.48. The summed E-state index contributed by atoms with van der Waals surface area (Å²) in [5.74, 6) is 1.01. The van der Waals surface area contributed by atoms with Gasteiger partial charge in [-0.3, -0.25) is 0 Å². The van der Waals surface area contributed by atoms with E-state index in [4.69, 9.17) is 10.9 Å². The lowest BCUT2D eigenvalue weighted by Gasteiger charge is -2.30. The Bertz CT molecular complexity index is 497. The van der Waals surface area contributed by atoms with Crippen molar-refractivity contribution in [2.45, 2.75) is 45.4 Å². The topological polar surface area (TPSA) is 70.6 Å². The molecule has 0 radical (unpaired) electrons. The van der Waals surface area contributed by atoms with Crippen molar-refractivity contribution in [3.05, 3.63) is 35.4 Å². The van der Waals surface area contributed by atoms with Gasteiger partial charge >= 0.3 is 0 Å². The second-order valence-corrected chi connectivity index (χ2v) is 6.63. The van der Waals surface area contributed by atoms with Gasteiger partial charge in [0.15, 0.2) is 0 Å². The van der Waals surface area contributed by atoms with Crippen molar-refractivity contribution < 1.29 is 5.21 Å². The van der Waals surface area contributed by atoms with Gasteiger partial charge in [-0.2, -0.15) is 0 Å². The molecule has 1 aromatic carbocycles. The molecule has 0 saturated heterocycles. The van der Waals surface area contributed by atoms with E-state index in [0.29, 0.717) is 11.8 Å². The second-order valence-electron chi connectivity index (χ2n) is 6.63. The summed E-state index contributed by atoms with van der Waals surface area (Å²) in [7, 11) is 0. The summed E-state index contributed by atoms with van der Waals surface area (Å²) in [4.78, 5) is 0. The van der Waals surface area contributed by atoms with Crippen molar-refractivity contribution in [2.24, 2.45) is 16.3 Å². The van der Waals surface area contributed by atoms with Gasteiger partial charge in [0.25, 0.3) is 0 Å². The highest BCUT2D eigenvalue weighted by Crippen LogP contribution is 2.33. The van der Waals surface area contributed by atoms with Crippen molar-refractivity contribution in [3.63, 3.8) is 0 Å². The van der Waals surface area contributed by atoms with E-state index < -0.39 is 0 Å². The van der Waals surface area contributed by atoms with Crippen LogP contribution in [0.1, 0.15) is 50.2 Å². The van der Waals surface area contributed by atoms with E-state index >= 15 is 0 Å². The largest absolute Gasteiger partial charge is 0.409 e. The minimum absolute atomic E-state index is 0.221. The lowest BCUT2D eigenvalue weighted by atomic mass is 9.77. The van der Waals surface area contributed by atoms with Crippen LogP contribution in [0.15, 0.2) is 29.4 Å². The van der Waals surface area contributed by atoms with Crippen LogP contribution >= 0.6 is 0 Å². The number of rotatable bonds is 8. The minimum atomic E-state index is -0.221. The van der Waals surface area contributed by atoms with Crippen molar-refractivity contribution in [2.75, 3.05) is 13.1 Å². The Labute approximate surface area is 127 Å². The Morgan fingerprint density at radius 1 is 1.38 bits per heavy atom. The SMILES string of the molecule is CC(C)(CCCCNCC1Cc2ccccc21)/C(N)=N/O. The lowest BCUT2D eigenvalue weighted by Crippen LogP contribution is -2.32. The third-order valence-corrected chi connectivity index (χ3v) is 4.56. The molecule has 21 heavy (non-hydrogen) atoms. The molecule has 0 saturated carbocycles. The predicted octanol–water partition coefficient (Wildman–Crippen LogP) is 2.86. The van der Waals surface area contributed by atoms with Crippen LogP contribution in [0.4, 0.5) is 0 Å². The molecule has 1 aliphatic carbocycles. The van der Waals surface area contributed by atoms with Gasteiger partial charge in [0.05, 0.1) is 0 Å². The molecular formula is C17H27N3O. The number of nitrogens with one attached hydrogen (secondary N) is 1. The number of unbranched alkanes of at least 4 members (excludes halogenated alkanes) is 1. The quantitative estimate of drug-likeness (QED) is 0.226. The highest BCUT2D eigenvalue weighted by Gasteiger charge is 2.25. The predicted molar refractivity (Wildman–Crippen MR) is 86.8 cm³/mol. The summed E-state index contributed by atoms with van der Waals surface area (Å²) < 4.78 is 0. The van der Waals surface area contributed by atoms with Crippen molar-refractivity contribution in [1.82, 2.24) is 5.32 Å². The van der Waals surface area contributed by atoms with Crippen LogP contribution in [0, 0.1) is 5.41 Å². The van der Waals surface area contributed by atoms with Gasteiger partial charge in [-0.15, -0.1) is 0 Å². The summed E-state index contributed by atoms with van der Waals surface area (Å²) in [5, 5.41) is 15.4. The summed E-state index contributed by atoms with van der Waals surface area (Å²) >= 11 is 0. The van der Waals surface area contributed by atoms with Crippen LogP contribution in [0.5, 0.6) is 0 Å². The van der Waals surface area contributed by atoms with Crippen molar-refractivity contribution in [1.29, 1.82) is 0 Å². The van der Waals surface area contributed by atoms with Gasteiger partial charge in [-0.25, -0.2) is 0 Å². The van der Waals surface area contributed by atoms with E-state index in [2.05, 4.69) is 34.7 Å². The fraction of sp³-hybridized carbons (Fsp3) is 0.588. The van der Waals surface area contributed by atoms with E-state index in [-0.39, 0.29) is 5.41 Å². The van der Waals surface area contributed by atoms with Crippen LogP contribution in [0.2, 0.25) is 0 Å². The Hall–Kier alpha value is -1.55. The lowest BCUT2D eigenvalue weighted by molar-refractivity contribution is 0.304. The first-order valence-corrected chi connectivity index (χ1v) is 7.81. The first kappa shape index (κ1) is 15.8. The first-order valence-electron chi connectivity index (χ1n) is 7.81. The molecule has 0 amide bonds.